The Morgan fingerprint density at radius 2 is 2.41 bits per heavy atom. The summed E-state index contributed by atoms with van der Waals surface area (Å²) in [6.07, 6.45) is 0. The highest BCUT2D eigenvalue weighted by atomic mass is 32.1. The van der Waals surface area contributed by atoms with Gasteiger partial charge in [-0.1, -0.05) is 0 Å². The zero-order valence-electron chi connectivity index (χ0n) is 9.99. The standard InChI is InChI=1S/C11H16N4OS/c1-13-4-5-15(2)8-10(16)14-11-9(7-12)3-6-17-11/h3,6,13H,4-5,8H2,1-2H3,(H,14,16). The van der Waals surface area contributed by atoms with Crippen molar-refractivity contribution in [3.8, 4) is 6.07 Å². The second kappa shape index (κ2) is 7.01. The lowest BCUT2D eigenvalue weighted by atomic mass is 10.3. The molecule has 1 heterocycles. The summed E-state index contributed by atoms with van der Waals surface area (Å²) in [6.45, 7) is 1.97. The lowest BCUT2D eigenvalue weighted by molar-refractivity contribution is -0.117. The average molecular weight is 252 g/mol. The molecule has 0 spiro atoms. The molecule has 0 aliphatic heterocycles. The molecule has 0 fully saturated rings. The monoisotopic (exact) mass is 252 g/mol. The first kappa shape index (κ1) is 13.6. The number of carbonyl (C=O) groups excluding carboxylic acids is 1. The van der Waals surface area contributed by atoms with Crippen LogP contribution in [0.1, 0.15) is 5.56 Å². The zero-order chi connectivity index (χ0) is 12.7. The van der Waals surface area contributed by atoms with Crippen LogP contribution in [0, 0.1) is 11.3 Å². The van der Waals surface area contributed by atoms with E-state index in [1.165, 1.54) is 11.3 Å². The predicted molar refractivity (Wildman–Crippen MR) is 69.1 cm³/mol. The minimum absolute atomic E-state index is 0.0949. The molecule has 0 saturated heterocycles. The zero-order valence-corrected chi connectivity index (χ0v) is 10.8. The maximum absolute atomic E-state index is 11.7. The van der Waals surface area contributed by atoms with Gasteiger partial charge in [0.1, 0.15) is 11.1 Å². The molecule has 0 saturated carbocycles. The van der Waals surface area contributed by atoms with Crippen molar-refractivity contribution in [1.29, 1.82) is 5.26 Å². The Labute approximate surface area is 105 Å². The van der Waals surface area contributed by atoms with Crippen LogP contribution in [0.4, 0.5) is 5.00 Å². The topological polar surface area (TPSA) is 68.2 Å². The third-order valence-corrected chi connectivity index (χ3v) is 3.03. The fourth-order valence-electron chi connectivity index (χ4n) is 1.29. The normalized spacial score (nSPS) is 10.2. The fourth-order valence-corrected chi connectivity index (χ4v) is 2.04. The van der Waals surface area contributed by atoms with E-state index in [0.29, 0.717) is 17.1 Å². The molecular formula is C11H16N4OS. The van der Waals surface area contributed by atoms with E-state index in [1.54, 1.807) is 11.4 Å². The Hall–Kier alpha value is -1.42. The van der Waals surface area contributed by atoms with E-state index >= 15 is 0 Å². The van der Waals surface area contributed by atoms with Crippen molar-refractivity contribution in [2.24, 2.45) is 0 Å². The molecule has 2 N–H and O–H groups in total. The van der Waals surface area contributed by atoms with E-state index in [-0.39, 0.29) is 5.91 Å². The summed E-state index contributed by atoms with van der Waals surface area (Å²) >= 11 is 1.36. The van der Waals surface area contributed by atoms with Crippen LogP contribution in [0.3, 0.4) is 0 Å². The number of carbonyl (C=O) groups is 1. The highest BCUT2D eigenvalue weighted by molar-refractivity contribution is 7.14. The molecule has 5 nitrogen and oxygen atoms in total. The second-order valence-electron chi connectivity index (χ2n) is 3.66. The van der Waals surface area contributed by atoms with E-state index < -0.39 is 0 Å². The molecular weight excluding hydrogens is 236 g/mol. The molecule has 0 unspecified atom stereocenters. The summed E-state index contributed by atoms with van der Waals surface area (Å²) in [6, 6.07) is 3.74. The summed E-state index contributed by atoms with van der Waals surface area (Å²) in [5.74, 6) is -0.0949. The van der Waals surface area contributed by atoms with Crippen LogP contribution in [-0.2, 0) is 4.79 Å². The summed E-state index contributed by atoms with van der Waals surface area (Å²) in [5.41, 5.74) is 0.515. The fraction of sp³-hybridized carbons (Fsp3) is 0.455. The second-order valence-corrected chi connectivity index (χ2v) is 4.58. The quantitative estimate of drug-likeness (QED) is 0.782. The molecule has 17 heavy (non-hydrogen) atoms. The lowest BCUT2D eigenvalue weighted by Crippen LogP contribution is -2.34. The highest BCUT2D eigenvalue weighted by Gasteiger charge is 2.10. The van der Waals surface area contributed by atoms with E-state index in [2.05, 4.69) is 10.6 Å². The van der Waals surface area contributed by atoms with Crippen LogP contribution in [0.5, 0.6) is 0 Å². The number of likely N-dealkylation sites (N-methyl/N-ethyl adjacent to an activating group) is 2. The molecule has 0 aliphatic carbocycles. The predicted octanol–water partition coefficient (Wildman–Crippen LogP) is 0.709. The minimum Gasteiger partial charge on any atom is -0.318 e. The smallest absolute Gasteiger partial charge is 0.239 e. The summed E-state index contributed by atoms with van der Waals surface area (Å²) in [5, 5.41) is 17.0. The first-order valence-corrected chi connectivity index (χ1v) is 6.16. The number of thiophene rings is 1. The van der Waals surface area contributed by atoms with Crippen LogP contribution >= 0.6 is 11.3 Å². The Kier molecular flexibility index (Phi) is 5.63. The van der Waals surface area contributed by atoms with Crippen molar-refractivity contribution in [2.75, 3.05) is 39.0 Å². The first-order chi connectivity index (χ1) is 8.17. The number of rotatable bonds is 6. The number of hydrogen-bond acceptors (Lipinski definition) is 5. The number of anilines is 1. The molecule has 6 heteroatoms. The lowest BCUT2D eigenvalue weighted by Gasteiger charge is -2.15. The molecule has 1 aromatic heterocycles. The molecule has 0 atom stereocenters. The largest absolute Gasteiger partial charge is 0.318 e. The van der Waals surface area contributed by atoms with Gasteiger partial charge < -0.3 is 10.6 Å². The SMILES string of the molecule is CNCCN(C)CC(=O)Nc1sccc1C#N. The molecule has 0 radical (unpaired) electrons. The van der Waals surface area contributed by atoms with Gasteiger partial charge >= 0.3 is 0 Å². The molecule has 1 amide bonds. The van der Waals surface area contributed by atoms with Gasteiger partial charge in [-0.15, -0.1) is 11.3 Å². The van der Waals surface area contributed by atoms with Crippen molar-refractivity contribution in [3.05, 3.63) is 17.0 Å². The Balaban J connectivity index is 2.42. The first-order valence-electron chi connectivity index (χ1n) is 5.28. The molecule has 92 valence electrons. The average Bonchev–Trinajstić information content (AvgIpc) is 2.73. The third-order valence-electron chi connectivity index (χ3n) is 2.20. The molecule has 0 bridgehead atoms. The number of nitrogens with one attached hydrogen (secondary N) is 2. The van der Waals surface area contributed by atoms with Gasteiger partial charge in [0.2, 0.25) is 5.91 Å². The maximum atomic E-state index is 11.7. The number of nitrogens with zero attached hydrogens (tertiary/aromatic N) is 2. The van der Waals surface area contributed by atoms with Crippen LogP contribution < -0.4 is 10.6 Å². The van der Waals surface area contributed by atoms with Crippen LogP contribution in [0.15, 0.2) is 11.4 Å². The Bertz CT molecular complexity index is 410. The number of nitriles is 1. The summed E-state index contributed by atoms with van der Waals surface area (Å²) in [7, 11) is 3.76. The summed E-state index contributed by atoms with van der Waals surface area (Å²) < 4.78 is 0. The molecule has 1 aromatic rings. The third kappa shape index (κ3) is 4.53. The Morgan fingerprint density at radius 1 is 1.65 bits per heavy atom. The van der Waals surface area contributed by atoms with Crippen molar-refractivity contribution < 1.29 is 4.79 Å². The van der Waals surface area contributed by atoms with E-state index in [0.717, 1.165) is 13.1 Å². The van der Waals surface area contributed by atoms with Gasteiger partial charge in [0.15, 0.2) is 0 Å². The van der Waals surface area contributed by atoms with Crippen molar-refractivity contribution in [1.82, 2.24) is 10.2 Å². The molecule has 0 aromatic carbocycles. The van der Waals surface area contributed by atoms with Gasteiger partial charge in [0, 0.05) is 13.1 Å². The highest BCUT2D eigenvalue weighted by Crippen LogP contribution is 2.21. The van der Waals surface area contributed by atoms with E-state index in [4.69, 9.17) is 5.26 Å². The van der Waals surface area contributed by atoms with Crippen LogP contribution in [0.2, 0.25) is 0 Å². The van der Waals surface area contributed by atoms with Gasteiger partial charge in [-0.05, 0) is 25.5 Å². The van der Waals surface area contributed by atoms with Gasteiger partial charge in [-0.25, -0.2) is 0 Å². The number of hydrogen-bond donors (Lipinski definition) is 2. The van der Waals surface area contributed by atoms with Crippen molar-refractivity contribution in [2.45, 2.75) is 0 Å². The maximum Gasteiger partial charge on any atom is 0.239 e. The van der Waals surface area contributed by atoms with E-state index in [9.17, 15) is 4.79 Å². The molecule has 0 aliphatic rings. The molecule has 1 rings (SSSR count). The van der Waals surface area contributed by atoms with Crippen molar-refractivity contribution in [3.63, 3.8) is 0 Å². The van der Waals surface area contributed by atoms with Crippen LogP contribution in [0.25, 0.3) is 0 Å². The van der Waals surface area contributed by atoms with Gasteiger partial charge in [-0.3, -0.25) is 9.69 Å². The van der Waals surface area contributed by atoms with E-state index in [1.807, 2.05) is 25.1 Å². The summed E-state index contributed by atoms with van der Waals surface area (Å²) in [4.78, 5) is 13.6. The van der Waals surface area contributed by atoms with Crippen LogP contribution in [-0.4, -0.2) is 44.5 Å². The van der Waals surface area contributed by atoms with Gasteiger partial charge in [0.25, 0.3) is 0 Å². The Morgan fingerprint density at radius 3 is 3.06 bits per heavy atom. The minimum atomic E-state index is -0.0949. The number of amides is 1. The van der Waals surface area contributed by atoms with Gasteiger partial charge in [0.05, 0.1) is 12.1 Å². The van der Waals surface area contributed by atoms with Gasteiger partial charge in [-0.2, -0.15) is 5.26 Å². The van der Waals surface area contributed by atoms with Crippen molar-refractivity contribution >= 4 is 22.2 Å².